The Morgan fingerprint density at radius 1 is 1.44 bits per heavy atom. The van der Waals surface area contributed by atoms with E-state index in [1.54, 1.807) is 22.9 Å². The zero-order valence-electron chi connectivity index (χ0n) is 9.27. The molecule has 0 atom stereocenters. The number of nitrogens with zero attached hydrogens (tertiary/aromatic N) is 1. The van der Waals surface area contributed by atoms with Gasteiger partial charge < -0.3 is 4.52 Å². The van der Waals surface area contributed by atoms with E-state index in [0.717, 1.165) is 6.29 Å². The Bertz CT molecular complexity index is 577. The van der Waals surface area contributed by atoms with Gasteiger partial charge in [0.25, 0.3) is 0 Å². The van der Waals surface area contributed by atoms with Crippen molar-refractivity contribution in [1.82, 2.24) is 4.74 Å². The van der Waals surface area contributed by atoms with E-state index in [-0.39, 0.29) is 5.63 Å². The maximum absolute atomic E-state index is 11.5. The summed E-state index contributed by atoms with van der Waals surface area (Å²) < 4.78 is 6.67. The van der Waals surface area contributed by atoms with Crippen molar-refractivity contribution in [2.75, 3.05) is 0 Å². The van der Waals surface area contributed by atoms with Crippen molar-refractivity contribution in [2.24, 2.45) is 5.92 Å². The number of hydrogen-bond donors (Lipinski definition) is 0. The minimum Gasteiger partial charge on any atom is -0.335 e. The van der Waals surface area contributed by atoms with E-state index in [1.807, 2.05) is 13.8 Å². The van der Waals surface area contributed by atoms with Gasteiger partial charge in [0.1, 0.15) is 6.29 Å². The average molecular weight is 219 g/mol. The first-order chi connectivity index (χ1) is 7.61. The number of aldehydes is 1. The third-order valence-electron chi connectivity index (χ3n) is 2.37. The lowest BCUT2D eigenvalue weighted by molar-refractivity contribution is 0.112. The Balaban J connectivity index is 2.65. The Labute approximate surface area is 92.4 Å². The first-order valence-electron chi connectivity index (χ1n) is 5.21. The van der Waals surface area contributed by atoms with Crippen molar-refractivity contribution >= 4 is 17.2 Å². The van der Waals surface area contributed by atoms with Gasteiger partial charge in [0.15, 0.2) is 0 Å². The first kappa shape index (κ1) is 10.7. The summed E-state index contributed by atoms with van der Waals surface area (Å²) in [5, 5.41) is 0.520. The Kier molecular flexibility index (Phi) is 2.64. The molecular weight excluding hydrogens is 206 g/mol. The van der Waals surface area contributed by atoms with Gasteiger partial charge in [0, 0.05) is 5.56 Å². The zero-order chi connectivity index (χ0) is 11.7. The quantitative estimate of drug-likeness (QED) is 0.742. The van der Waals surface area contributed by atoms with Crippen molar-refractivity contribution in [3.63, 3.8) is 0 Å². The fraction of sp³-hybridized carbons (Fsp3) is 0.333. The second-order valence-electron chi connectivity index (χ2n) is 4.23. The largest absolute Gasteiger partial charge is 0.365 e. The second kappa shape index (κ2) is 3.96. The molecule has 0 N–H and O–H groups in total. The molecule has 0 fully saturated rings. The number of aromatic nitrogens is 1. The molecule has 0 amide bonds. The fourth-order valence-electron chi connectivity index (χ4n) is 1.67. The second-order valence-corrected chi connectivity index (χ2v) is 4.23. The minimum absolute atomic E-state index is 0.354. The Morgan fingerprint density at radius 2 is 2.19 bits per heavy atom. The van der Waals surface area contributed by atoms with Gasteiger partial charge in [-0.1, -0.05) is 19.9 Å². The molecule has 16 heavy (non-hydrogen) atoms. The van der Waals surface area contributed by atoms with Gasteiger partial charge in [-0.2, -0.15) is 0 Å². The average Bonchev–Trinajstić information content (AvgIpc) is 2.54. The van der Waals surface area contributed by atoms with Crippen LogP contribution in [0.2, 0.25) is 0 Å². The highest BCUT2D eigenvalue weighted by atomic mass is 16.5. The van der Waals surface area contributed by atoms with Crippen LogP contribution in [0.4, 0.5) is 0 Å². The minimum atomic E-state index is -0.354. The van der Waals surface area contributed by atoms with Crippen LogP contribution in [0.15, 0.2) is 27.5 Å². The van der Waals surface area contributed by atoms with Gasteiger partial charge in [0.2, 0.25) is 0 Å². The van der Waals surface area contributed by atoms with Crippen LogP contribution in [0.25, 0.3) is 10.9 Å². The van der Waals surface area contributed by atoms with Crippen LogP contribution >= 0.6 is 0 Å². The molecule has 0 spiro atoms. The van der Waals surface area contributed by atoms with Gasteiger partial charge >= 0.3 is 5.63 Å². The van der Waals surface area contributed by atoms with Crippen LogP contribution in [0, 0.1) is 5.92 Å². The van der Waals surface area contributed by atoms with Crippen LogP contribution in [-0.2, 0) is 6.54 Å². The maximum Gasteiger partial charge on any atom is 0.365 e. The molecule has 0 aliphatic rings. The number of rotatable bonds is 3. The SMILES string of the molecule is CC(C)Cn1oc(=O)c2ccc(C=O)cc21. The molecule has 0 aliphatic heterocycles. The van der Waals surface area contributed by atoms with E-state index in [1.165, 1.54) is 0 Å². The predicted octanol–water partition coefficient (Wildman–Crippen LogP) is 2.06. The normalized spacial score (nSPS) is 11.2. The molecule has 0 radical (unpaired) electrons. The van der Waals surface area contributed by atoms with Gasteiger partial charge in [0.05, 0.1) is 17.4 Å². The van der Waals surface area contributed by atoms with Crippen molar-refractivity contribution in [3.8, 4) is 0 Å². The molecule has 4 heteroatoms. The van der Waals surface area contributed by atoms with Crippen molar-refractivity contribution in [3.05, 3.63) is 34.2 Å². The van der Waals surface area contributed by atoms with Crippen LogP contribution in [0.3, 0.4) is 0 Å². The summed E-state index contributed by atoms with van der Waals surface area (Å²) in [6.45, 7) is 4.70. The lowest BCUT2D eigenvalue weighted by Gasteiger charge is -2.05. The van der Waals surface area contributed by atoms with E-state index < -0.39 is 0 Å². The number of fused-ring (bicyclic) bond motifs is 1. The highest BCUT2D eigenvalue weighted by Crippen LogP contribution is 2.14. The first-order valence-corrected chi connectivity index (χ1v) is 5.21. The molecule has 0 bridgehead atoms. The monoisotopic (exact) mass is 219 g/mol. The molecule has 0 saturated carbocycles. The molecule has 2 rings (SSSR count). The van der Waals surface area contributed by atoms with Gasteiger partial charge in [-0.25, -0.2) is 9.53 Å². The third-order valence-corrected chi connectivity index (χ3v) is 2.37. The highest BCUT2D eigenvalue weighted by molar-refractivity contribution is 5.86. The Hall–Kier alpha value is -1.84. The summed E-state index contributed by atoms with van der Waals surface area (Å²) in [7, 11) is 0. The number of carbonyl (C=O) groups excluding carboxylic acids is 1. The van der Waals surface area contributed by atoms with Crippen LogP contribution < -0.4 is 5.63 Å². The number of hydrogen-bond acceptors (Lipinski definition) is 3. The number of benzene rings is 1. The van der Waals surface area contributed by atoms with Gasteiger partial charge in [-0.15, -0.1) is 0 Å². The topological polar surface area (TPSA) is 52.2 Å². The van der Waals surface area contributed by atoms with Gasteiger partial charge in [-0.3, -0.25) is 4.79 Å². The summed E-state index contributed by atoms with van der Waals surface area (Å²) in [4.78, 5) is 22.2. The Morgan fingerprint density at radius 3 is 2.81 bits per heavy atom. The molecule has 4 nitrogen and oxygen atoms in total. The molecule has 2 aromatic rings. The molecular formula is C12H13NO3. The molecule has 84 valence electrons. The lowest BCUT2D eigenvalue weighted by Crippen LogP contribution is -2.03. The highest BCUT2D eigenvalue weighted by Gasteiger charge is 2.10. The summed E-state index contributed by atoms with van der Waals surface area (Å²) in [6.07, 6.45) is 0.761. The van der Waals surface area contributed by atoms with Crippen LogP contribution in [-0.4, -0.2) is 11.0 Å². The van der Waals surface area contributed by atoms with E-state index in [9.17, 15) is 9.59 Å². The molecule has 0 aliphatic carbocycles. The molecule has 0 saturated heterocycles. The van der Waals surface area contributed by atoms with Crippen molar-refractivity contribution < 1.29 is 9.32 Å². The number of carbonyl (C=O) groups is 1. The van der Waals surface area contributed by atoms with Crippen LogP contribution in [0.1, 0.15) is 24.2 Å². The van der Waals surface area contributed by atoms with E-state index >= 15 is 0 Å². The fourth-order valence-corrected chi connectivity index (χ4v) is 1.67. The lowest BCUT2D eigenvalue weighted by atomic mass is 10.1. The van der Waals surface area contributed by atoms with Crippen molar-refractivity contribution in [1.29, 1.82) is 0 Å². The maximum atomic E-state index is 11.5. The molecule has 1 aromatic carbocycles. The smallest absolute Gasteiger partial charge is 0.335 e. The van der Waals surface area contributed by atoms with Crippen LogP contribution in [0.5, 0.6) is 0 Å². The van der Waals surface area contributed by atoms with E-state index in [0.29, 0.717) is 28.9 Å². The summed E-state index contributed by atoms with van der Waals surface area (Å²) in [6, 6.07) is 4.92. The zero-order valence-corrected chi connectivity index (χ0v) is 9.27. The van der Waals surface area contributed by atoms with E-state index in [4.69, 9.17) is 4.52 Å². The van der Waals surface area contributed by atoms with Crippen molar-refractivity contribution in [2.45, 2.75) is 20.4 Å². The third kappa shape index (κ3) is 1.78. The summed E-state index contributed by atoms with van der Waals surface area (Å²) >= 11 is 0. The summed E-state index contributed by atoms with van der Waals surface area (Å²) in [5.74, 6) is 0.374. The molecule has 0 unspecified atom stereocenters. The van der Waals surface area contributed by atoms with Gasteiger partial charge in [-0.05, 0) is 18.1 Å². The molecule has 1 heterocycles. The summed E-state index contributed by atoms with van der Waals surface area (Å²) in [5.41, 5.74) is 0.877. The standard InChI is InChI=1S/C12H13NO3/c1-8(2)6-13-11-5-9(7-14)3-4-10(11)12(15)16-13/h3-5,7-8H,6H2,1-2H3. The molecule has 1 aromatic heterocycles. The van der Waals surface area contributed by atoms with E-state index in [2.05, 4.69) is 0 Å². The predicted molar refractivity (Wildman–Crippen MR) is 60.7 cm³/mol.